The molecule has 0 atom stereocenters. The second kappa shape index (κ2) is 5.24. The van der Waals surface area contributed by atoms with Crippen LogP contribution in [0.3, 0.4) is 0 Å². The van der Waals surface area contributed by atoms with E-state index in [2.05, 4.69) is 22.2 Å². The number of hydrogen-bond acceptors (Lipinski definition) is 5. The van der Waals surface area contributed by atoms with Crippen LogP contribution < -0.4 is 0 Å². The van der Waals surface area contributed by atoms with Gasteiger partial charge in [0.05, 0.1) is 0 Å². The SMILES string of the molecule is CC1CCN(C(=O)CCc2nn3cnnc3s2)CC1. The first-order valence-electron chi connectivity index (χ1n) is 6.66. The van der Waals surface area contributed by atoms with Crippen LogP contribution in [-0.2, 0) is 11.2 Å². The molecule has 1 amide bonds. The summed E-state index contributed by atoms with van der Waals surface area (Å²) in [4.78, 5) is 14.9. The molecular weight excluding hydrogens is 262 g/mol. The molecule has 0 N–H and O–H groups in total. The van der Waals surface area contributed by atoms with Crippen LogP contribution in [0.15, 0.2) is 6.33 Å². The number of hydrogen-bond donors (Lipinski definition) is 0. The highest BCUT2D eigenvalue weighted by Gasteiger charge is 2.20. The van der Waals surface area contributed by atoms with E-state index in [1.54, 1.807) is 10.8 Å². The molecule has 0 spiro atoms. The van der Waals surface area contributed by atoms with E-state index >= 15 is 0 Å². The van der Waals surface area contributed by atoms with E-state index in [1.165, 1.54) is 11.3 Å². The number of carbonyl (C=O) groups excluding carboxylic acids is 1. The monoisotopic (exact) mass is 279 g/mol. The van der Waals surface area contributed by atoms with Gasteiger partial charge in [-0.25, -0.2) is 0 Å². The molecule has 0 radical (unpaired) electrons. The molecule has 3 heterocycles. The summed E-state index contributed by atoms with van der Waals surface area (Å²) in [6, 6.07) is 0. The van der Waals surface area contributed by atoms with Gasteiger partial charge in [0.2, 0.25) is 10.9 Å². The van der Waals surface area contributed by atoms with Gasteiger partial charge in [-0.05, 0) is 18.8 Å². The Morgan fingerprint density at radius 2 is 2.26 bits per heavy atom. The summed E-state index contributed by atoms with van der Waals surface area (Å²) in [6.45, 7) is 4.07. The molecule has 2 aromatic heterocycles. The predicted octanol–water partition coefficient (Wildman–Crippen LogP) is 1.38. The van der Waals surface area contributed by atoms with Gasteiger partial charge >= 0.3 is 0 Å². The summed E-state index contributed by atoms with van der Waals surface area (Å²) in [7, 11) is 0. The molecular formula is C12H17N5OS. The second-order valence-electron chi connectivity index (χ2n) is 5.12. The molecule has 1 aliphatic heterocycles. The Hall–Kier alpha value is -1.50. The molecule has 6 nitrogen and oxygen atoms in total. The van der Waals surface area contributed by atoms with Crippen molar-refractivity contribution in [2.75, 3.05) is 13.1 Å². The van der Waals surface area contributed by atoms with E-state index in [4.69, 9.17) is 0 Å². The predicted molar refractivity (Wildman–Crippen MR) is 72.0 cm³/mol. The lowest BCUT2D eigenvalue weighted by atomic mass is 9.99. The minimum atomic E-state index is 0.248. The van der Waals surface area contributed by atoms with Gasteiger partial charge in [0.25, 0.3) is 0 Å². The maximum absolute atomic E-state index is 12.1. The Morgan fingerprint density at radius 3 is 3.00 bits per heavy atom. The fraction of sp³-hybridized carbons (Fsp3) is 0.667. The van der Waals surface area contributed by atoms with Gasteiger partial charge in [0.15, 0.2) is 0 Å². The van der Waals surface area contributed by atoms with Crippen molar-refractivity contribution in [1.82, 2.24) is 24.7 Å². The molecule has 3 rings (SSSR count). The smallest absolute Gasteiger partial charge is 0.234 e. The largest absolute Gasteiger partial charge is 0.343 e. The first kappa shape index (κ1) is 12.5. The minimum Gasteiger partial charge on any atom is -0.343 e. The Labute approximate surface area is 115 Å². The molecule has 1 aliphatic rings. The van der Waals surface area contributed by atoms with E-state index in [9.17, 15) is 4.79 Å². The van der Waals surface area contributed by atoms with Gasteiger partial charge in [-0.15, -0.1) is 10.2 Å². The molecule has 102 valence electrons. The van der Waals surface area contributed by atoms with Crippen LogP contribution in [0.25, 0.3) is 4.96 Å². The third-order valence-electron chi connectivity index (χ3n) is 3.62. The lowest BCUT2D eigenvalue weighted by Crippen LogP contribution is -2.37. The fourth-order valence-electron chi connectivity index (χ4n) is 2.33. The second-order valence-corrected chi connectivity index (χ2v) is 6.16. The quantitative estimate of drug-likeness (QED) is 0.851. The zero-order valence-corrected chi connectivity index (χ0v) is 11.8. The third-order valence-corrected chi connectivity index (χ3v) is 4.59. The highest BCUT2D eigenvalue weighted by atomic mass is 32.1. The number of piperidine rings is 1. The number of carbonyl (C=O) groups is 1. The van der Waals surface area contributed by atoms with Crippen LogP contribution in [0, 0.1) is 5.92 Å². The van der Waals surface area contributed by atoms with E-state index < -0.39 is 0 Å². The van der Waals surface area contributed by atoms with Crippen molar-refractivity contribution < 1.29 is 4.79 Å². The first-order chi connectivity index (χ1) is 9.22. The van der Waals surface area contributed by atoms with Crippen LogP contribution in [0.2, 0.25) is 0 Å². The maximum Gasteiger partial charge on any atom is 0.234 e. The molecule has 7 heteroatoms. The molecule has 0 saturated carbocycles. The molecule has 0 aromatic carbocycles. The molecule has 2 aromatic rings. The van der Waals surface area contributed by atoms with Crippen LogP contribution in [-0.4, -0.2) is 43.7 Å². The molecule has 19 heavy (non-hydrogen) atoms. The summed E-state index contributed by atoms with van der Waals surface area (Å²) < 4.78 is 1.66. The van der Waals surface area contributed by atoms with E-state index in [-0.39, 0.29) is 5.91 Å². The Morgan fingerprint density at radius 1 is 1.47 bits per heavy atom. The van der Waals surface area contributed by atoms with Crippen molar-refractivity contribution in [3.8, 4) is 0 Å². The third kappa shape index (κ3) is 2.75. The Bertz CT molecular complexity index is 541. The van der Waals surface area contributed by atoms with Gasteiger partial charge in [-0.2, -0.15) is 9.61 Å². The summed E-state index contributed by atoms with van der Waals surface area (Å²) in [5.74, 6) is 1.00. The van der Waals surface area contributed by atoms with Crippen LogP contribution >= 0.6 is 11.3 Å². The average Bonchev–Trinajstić information content (AvgIpc) is 2.97. The first-order valence-corrected chi connectivity index (χ1v) is 7.47. The summed E-state index contributed by atoms with van der Waals surface area (Å²) in [5, 5.41) is 13.0. The Kier molecular flexibility index (Phi) is 3.46. The van der Waals surface area contributed by atoms with Gasteiger partial charge in [-0.3, -0.25) is 4.79 Å². The summed E-state index contributed by atoms with van der Waals surface area (Å²) in [5.41, 5.74) is 0. The lowest BCUT2D eigenvalue weighted by molar-refractivity contribution is -0.132. The zero-order valence-electron chi connectivity index (χ0n) is 10.9. The highest BCUT2D eigenvalue weighted by Crippen LogP contribution is 2.18. The number of aromatic nitrogens is 4. The topological polar surface area (TPSA) is 63.4 Å². The van der Waals surface area contributed by atoms with Crippen molar-refractivity contribution in [3.63, 3.8) is 0 Å². The summed E-state index contributed by atoms with van der Waals surface area (Å²) in [6.07, 6.45) is 5.07. The lowest BCUT2D eigenvalue weighted by Gasteiger charge is -2.30. The number of likely N-dealkylation sites (tertiary alicyclic amines) is 1. The normalized spacial score (nSPS) is 17.2. The Balaban J connectivity index is 1.54. The number of rotatable bonds is 3. The number of fused-ring (bicyclic) bond motifs is 1. The van der Waals surface area contributed by atoms with Crippen molar-refractivity contribution in [3.05, 3.63) is 11.3 Å². The number of aryl methyl sites for hydroxylation is 1. The van der Waals surface area contributed by atoms with Crippen molar-refractivity contribution in [1.29, 1.82) is 0 Å². The van der Waals surface area contributed by atoms with Crippen molar-refractivity contribution >= 4 is 22.2 Å². The molecule has 1 saturated heterocycles. The standard InChI is InChI=1S/C12H17N5OS/c1-9-4-6-16(7-5-9)11(18)3-2-10-15-17-8-13-14-12(17)19-10/h8-9H,2-7H2,1H3. The summed E-state index contributed by atoms with van der Waals surface area (Å²) >= 11 is 1.50. The number of nitrogens with zero attached hydrogens (tertiary/aromatic N) is 5. The van der Waals surface area contributed by atoms with Crippen molar-refractivity contribution in [2.45, 2.75) is 32.6 Å². The maximum atomic E-state index is 12.1. The van der Waals surface area contributed by atoms with Crippen LogP contribution in [0.5, 0.6) is 0 Å². The minimum absolute atomic E-state index is 0.248. The van der Waals surface area contributed by atoms with Gasteiger partial charge in [0, 0.05) is 25.9 Å². The fourth-order valence-corrected chi connectivity index (χ4v) is 3.15. The molecule has 0 bridgehead atoms. The highest BCUT2D eigenvalue weighted by molar-refractivity contribution is 7.16. The van der Waals surface area contributed by atoms with Crippen molar-refractivity contribution in [2.24, 2.45) is 5.92 Å². The van der Waals surface area contributed by atoms with Crippen LogP contribution in [0.4, 0.5) is 0 Å². The van der Waals surface area contributed by atoms with E-state index in [1.807, 2.05) is 4.90 Å². The zero-order chi connectivity index (χ0) is 13.2. The number of amides is 1. The molecule has 1 fully saturated rings. The average molecular weight is 279 g/mol. The van der Waals surface area contributed by atoms with Gasteiger partial charge in [0.1, 0.15) is 11.3 Å². The van der Waals surface area contributed by atoms with Crippen LogP contribution in [0.1, 0.15) is 31.2 Å². The molecule has 0 aliphatic carbocycles. The molecule has 0 unspecified atom stereocenters. The van der Waals surface area contributed by atoms with E-state index in [0.717, 1.165) is 41.8 Å². The van der Waals surface area contributed by atoms with E-state index in [0.29, 0.717) is 12.8 Å². The van der Waals surface area contributed by atoms with Gasteiger partial charge < -0.3 is 4.90 Å². The van der Waals surface area contributed by atoms with Gasteiger partial charge in [-0.1, -0.05) is 18.3 Å².